The Balaban J connectivity index is 1.72. The Hall–Kier alpha value is -3.35. The topological polar surface area (TPSA) is 92.2 Å². The monoisotopic (exact) mass is 366 g/mol. The Morgan fingerprint density at radius 3 is 2.33 bits per heavy atom. The zero-order valence-electron chi connectivity index (χ0n) is 15.3. The molecule has 3 rings (SSSR count). The molecule has 0 aliphatic carbocycles. The number of hydrogen-bond acceptors (Lipinski definition) is 3. The summed E-state index contributed by atoms with van der Waals surface area (Å²) in [5.41, 5.74) is 2.94. The van der Waals surface area contributed by atoms with Crippen molar-refractivity contribution >= 4 is 45.2 Å². The first-order chi connectivity index (χ1) is 13.0. The van der Waals surface area contributed by atoms with E-state index in [4.69, 9.17) is 0 Å². The fraction of sp³-hybridized carbons (Fsp3) is 0.250. The number of aryl methyl sites for hydroxylation is 1. The highest BCUT2D eigenvalue weighted by Crippen LogP contribution is 2.30. The normalized spacial score (nSPS) is 10.7. The number of nitrogens with zero attached hydrogens (tertiary/aromatic N) is 1. The van der Waals surface area contributed by atoms with Crippen LogP contribution < -0.4 is 16.0 Å². The van der Waals surface area contributed by atoms with Crippen LogP contribution in [0.15, 0.2) is 42.5 Å². The minimum atomic E-state index is -0.415. The lowest BCUT2D eigenvalue weighted by molar-refractivity contribution is -0.126. The van der Waals surface area contributed by atoms with Crippen molar-refractivity contribution in [3.8, 4) is 0 Å². The van der Waals surface area contributed by atoms with Gasteiger partial charge in [0.25, 0.3) is 0 Å². The Bertz CT molecular complexity index is 1020. The third-order valence-electron chi connectivity index (χ3n) is 4.32. The standard InChI is InChI=1S/C20H22N4O3/c1-3-24-17-7-5-4-6-15(17)16-10-14(8-9-18(16)24)23-20(27)12-22-19(26)11-21-13(2)25/h4-10H,3,11-12H2,1-2H3,(H,21,25)(H,22,26)(H,23,27). The summed E-state index contributed by atoms with van der Waals surface area (Å²) in [6, 6.07) is 14.0. The molecule has 27 heavy (non-hydrogen) atoms. The van der Waals surface area contributed by atoms with Crippen molar-refractivity contribution in [2.75, 3.05) is 18.4 Å². The van der Waals surface area contributed by atoms with Gasteiger partial charge in [-0.25, -0.2) is 0 Å². The summed E-state index contributed by atoms with van der Waals surface area (Å²) < 4.78 is 2.23. The first-order valence-electron chi connectivity index (χ1n) is 8.81. The molecule has 7 heteroatoms. The van der Waals surface area contributed by atoms with Crippen LogP contribution in [0.2, 0.25) is 0 Å². The van der Waals surface area contributed by atoms with Crippen molar-refractivity contribution in [3.05, 3.63) is 42.5 Å². The second-order valence-corrected chi connectivity index (χ2v) is 6.23. The molecule has 7 nitrogen and oxygen atoms in total. The maximum absolute atomic E-state index is 12.1. The predicted molar refractivity (Wildman–Crippen MR) is 105 cm³/mol. The number of hydrogen-bond donors (Lipinski definition) is 3. The lowest BCUT2D eigenvalue weighted by Crippen LogP contribution is -2.39. The van der Waals surface area contributed by atoms with Gasteiger partial charge >= 0.3 is 0 Å². The second kappa shape index (κ2) is 7.90. The Kier molecular flexibility index (Phi) is 5.40. The van der Waals surface area contributed by atoms with Crippen LogP contribution in [0.4, 0.5) is 5.69 Å². The van der Waals surface area contributed by atoms with Crippen molar-refractivity contribution in [2.24, 2.45) is 0 Å². The third-order valence-corrected chi connectivity index (χ3v) is 4.32. The van der Waals surface area contributed by atoms with Gasteiger partial charge in [-0.3, -0.25) is 14.4 Å². The van der Waals surface area contributed by atoms with E-state index in [0.717, 1.165) is 28.4 Å². The maximum Gasteiger partial charge on any atom is 0.243 e. The molecular formula is C20H22N4O3. The van der Waals surface area contributed by atoms with Gasteiger partial charge in [-0.15, -0.1) is 0 Å². The van der Waals surface area contributed by atoms with E-state index < -0.39 is 5.91 Å². The minimum absolute atomic E-state index is 0.148. The molecule has 0 unspecified atom stereocenters. The molecule has 0 atom stereocenters. The van der Waals surface area contributed by atoms with E-state index in [1.807, 2.05) is 30.3 Å². The number of rotatable bonds is 6. The molecule has 3 aromatic rings. The van der Waals surface area contributed by atoms with Crippen molar-refractivity contribution in [1.82, 2.24) is 15.2 Å². The zero-order valence-corrected chi connectivity index (χ0v) is 15.3. The van der Waals surface area contributed by atoms with Gasteiger partial charge in [0.15, 0.2) is 0 Å². The number of carbonyl (C=O) groups excluding carboxylic acids is 3. The van der Waals surface area contributed by atoms with Gasteiger partial charge in [-0.2, -0.15) is 0 Å². The Morgan fingerprint density at radius 2 is 1.59 bits per heavy atom. The minimum Gasteiger partial charge on any atom is -0.347 e. The molecule has 0 spiro atoms. The first kappa shape index (κ1) is 18.4. The Labute approximate surface area is 156 Å². The van der Waals surface area contributed by atoms with Gasteiger partial charge in [0.2, 0.25) is 17.7 Å². The molecule has 0 saturated carbocycles. The van der Waals surface area contributed by atoms with Crippen molar-refractivity contribution in [3.63, 3.8) is 0 Å². The van der Waals surface area contributed by atoms with Crippen LogP contribution in [0.3, 0.4) is 0 Å². The van der Waals surface area contributed by atoms with Crippen LogP contribution in [0.1, 0.15) is 13.8 Å². The van der Waals surface area contributed by atoms with E-state index in [1.165, 1.54) is 6.92 Å². The molecule has 3 N–H and O–H groups in total. The molecule has 0 aliphatic heterocycles. The molecule has 0 bridgehead atoms. The summed E-state index contributed by atoms with van der Waals surface area (Å²) in [5.74, 6) is -1.04. The number of benzene rings is 2. The number of para-hydroxylation sites is 1. The average molecular weight is 366 g/mol. The van der Waals surface area contributed by atoms with Gasteiger partial charge in [-0.05, 0) is 31.2 Å². The van der Waals surface area contributed by atoms with E-state index in [2.05, 4.69) is 39.6 Å². The highest BCUT2D eigenvalue weighted by atomic mass is 16.2. The first-order valence-corrected chi connectivity index (χ1v) is 8.81. The van der Waals surface area contributed by atoms with Gasteiger partial charge < -0.3 is 20.5 Å². The van der Waals surface area contributed by atoms with Crippen LogP contribution in [0.5, 0.6) is 0 Å². The third kappa shape index (κ3) is 4.08. The van der Waals surface area contributed by atoms with Gasteiger partial charge in [0, 0.05) is 41.0 Å². The maximum atomic E-state index is 12.1. The molecule has 140 valence electrons. The van der Waals surface area contributed by atoms with E-state index in [9.17, 15) is 14.4 Å². The summed E-state index contributed by atoms with van der Waals surface area (Å²) in [6.45, 7) is 3.98. The van der Waals surface area contributed by atoms with Crippen LogP contribution in [0, 0.1) is 0 Å². The van der Waals surface area contributed by atoms with Crippen LogP contribution in [-0.4, -0.2) is 35.4 Å². The predicted octanol–water partition coefficient (Wildman–Crippen LogP) is 2.01. The molecule has 1 heterocycles. The molecule has 0 fully saturated rings. The Morgan fingerprint density at radius 1 is 0.889 bits per heavy atom. The molecule has 0 radical (unpaired) electrons. The van der Waals surface area contributed by atoms with Crippen LogP contribution in [0.25, 0.3) is 21.8 Å². The lowest BCUT2D eigenvalue weighted by atomic mass is 10.1. The summed E-state index contributed by atoms with van der Waals surface area (Å²) in [7, 11) is 0. The quantitative estimate of drug-likeness (QED) is 0.623. The van der Waals surface area contributed by atoms with Crippen molar-refractivity contribution < 1.29 is 14.4 Å². The molecular weight excluding hydrogens is 344 g/mol. The van der Waals surface area contributed by atoms with E-state index in [0.29, 0.717) is 5.69 Å². The molecule has 3 amide bonds. The fourth-order valence-corrected chi connectivity index (χ4v) is 3.12. The van der Waals surface area contributed by atoms with E-state index in [1.54, 1.807) is 0 Å². The number of anilines is 1. The largest absolute Gasteiger partial charge is 0.347 e. The van der Waals surface area contributed by atoms with Crippen molar-refractivity contribution in [1.29, 1.82) is 0 Å². The number of nitrogens with one attached hydrogen (secondary N) is 3. The van der Waals surface area contributed by atoms with Crippen molar-refractivity contribution in [2.45, 2.75) is 20.4 Å². The number of fused-ring (bicyclic) bond motifs is 3. The summed E-state index contributed by atoms with van der Waals surface area (Å²) in [4.78, 5) is 34.4. The smallest absolute Gasteiger partial charge is 0.243 e. The summed E-state index contributed by atoms with van der Waals surface area (Å²) in [6.07, 6.45) is 0. The van der Waals surface area contributed by atoms with Gasteiger partial charge in [-0.1, -0.05) is 18.2 Å². The number of aromatic nitrogens is 1. The average Bonchev–Trinajstić information content (AvgIpc) is 2.98. The SMILES string of the molecule is CCn1c2ccccc2c2cc(NC(=O)CNC(=O)CNC(C)=O)ccc21. The van der Waals surface area contributed by atoms with E-state index in [-0.39, 0.29) is 24.9 Å². The highest BCUT2D eigenvalue weighted by molar-refractivity contribution is 6.10. The fourth-order valence-electron chi connectivity index (χ4n) is 3.12. The van der Waals surface area contributed by atoms with Crippen LogP contribution >= 0.6 is 0 Å². The lowest BCUT2D eigenvalue weighted by Gasteiger charge is -2.08. The van der Waals surface area contributed by atoms with Gasteiger partial charge in [0.1, 0.15) is 0 Å². The van der Waals surface area contributed by atoms with Gasteiger partial charge in [0.05, 0.1) is 13.1 Å². The summed E-state index contributed by atoms with van der Waals surface area (Å²) >= 11 is 0. The zero-order chi connectivity index (χ0) is 19.4. The number of carbonyl (C=O) groups is 3. The number of amides is 3. The second-order valence-electron chi connectivity index (χ2n) is 6.23. The molecule has 0 saturated heterocycles. The van der Waals surface area contributed by atoms with Crippen LogP contribution in [-0.2, 0) is 20.9 Å². The molecule has 1 aromatic heterocycles. The molecule has 0 aliphatic rings. The highest BCUT2D eigenvalue weighted by Gasteiger charge is 2.11. The molecule has 2 aromatic carbocycles. The summed E-state index contributed by atoms with van der Waals surface area (Å²) in [5, 5.41) is 9.85. The van der Waals surface area contributed by atoms with E-state index >= 15 is 0 Å².